The van der Waals surface area contributed by atoms with Crippen LogP contribution in [0.2, 0.25) is 5.02 Å². The Balaban J connectivity index is 1.54. The monoisotopic (exact) mass is 426 g/mol. The molecule has 0 saturated heterocycles. The number of aryl methyl sites for hydroxylation is 1. The lowest BCUT2D eigenvalue weighted by Gasteiger charge is -2.44. The van der Waals surface area contributed by atoms with Crippen molar-refractivity contribution in [2.45, 2.75) is 39.0 Å². The fraction of sp³-hybridized carbons (Fsp3) is 0.400. The zero-order valence-corrected chi connectivity index (χ0v) is 17.6. The van der Waals surface area contributed by atoms with Gasteiger partial charge in [0.25, 0.3) is 0 Å². The summed E-state index contributed by atoms with van der Waals surface area (Å²) in [5, 5.41) is 11.2. The highest BCUT2D eigenvalue weighted by atomic mass is 35.5. The lowest BCUT2D eigenvalue weighted by Crippen LogP contribution is -2.41. The van der Waals surface area contributed by atoms with Crippen LogP contribution >= 0.6 is 11.6 Å². The highest BCUT2D eigenvalue weighted by Gasteiger charge is 2.54. The summed E-state index contributed by atoms with van der Waals surface area (Å²) in [7, 11) is 0. The van der Waals surface area contributed by atoms with Crippen molar-refractivity contribution in [3.05, 3.63) is 64.1 Å². The summed E-state index contributed by atoms with van der Waals surface area (Å²) >= 11 is 5.75. The zero-order valence-electron chi connectivity index (χ0n) is 16.8. The lowest BCUT2D eigenvalue weighted by molar-refractivity contribution is -0.123. The van der Waals surface area contributed by atoms with Crippen LogP contribution in [0, 0.1) is 29.5 Å². The number of halogens is 2. The van der Waals surface area contributed by atoms with Gasteiger partial charge in [-0.25, -0.2) is 4.39 Å². The molecule has 4 aliphatic rings. The number of aliphatic hydroxyl groups is 1. The molecule has 3 saturated carbocycles. The predicted molar refractivity (Wildman–Crippen MR) is 114 cm³/mol. The minimum Gasteiger partial charge on any atom is -0.511 e. The molecular weight excluding hydrogens is 403 g/mol. The summed E-state index contributed by atoms with van der Waals surface area (Å²) in [6.45, 7) is 2.03. The molecule has 6 rings (SSSR count). The number of carbonyl (C=O) groups is 1. The van der Waals surface area contributed by atoms with Crippen LogP contribution in [-0.2, 0) is 11.2 Å². The maximum Gasteiger partial charge on any atom is 0.170 e. The molecule has 0 heterocycles. The second-order valence-electron chi connectivity index (χ2n) is 8.70. The number of Topliss-reactive ketones (excluding diaryl/α,β-unsaturated/α-hetero) is 1. The summed E-state index contributed by atoms with van der Waals surface area (Å²) in [4.78, 5) is 13.4. The standard InChI is InChI=1S/C25H24ClFO3/c1-2-13-7-8-16(30-17-9-10-19(26)20(27)12-17)11-18(13)23-24(28)21-14-3-4-15(6-5-14)22(21)25(23)29/h7-12,14-15,21-22,28H,2-6H2,1H3. The van der Waals surface area contributed by atoms with Gasteiger partial charge in [-0.05, 0) is 79.3 Å². The van der Waals surface area contributed by atoms with Gasteiger partial charge in [0.2, 0.25) is 0 Å². The van der Waals surface area contributed by atoms with Gasteiger partial charge in [0.15, 0.2) is 5.78 Å². The van der Waals surface area contributed by atoms with E-state index in [9.17, 15) is 14.3 Å². The number of hydrogen-bond acceptors (Lipinski definition) is 3. The van der Waals surface area contributed by atoms with Crippen molar-refractivity contribution in [1.29, 1.82) is 0 Å². The number of benzene rings is 2. The Morgan fingerprint density at radius 3 is 2.30 bits per heavy atom. The van der Waals surface area contributed by atoms with Crippen LogP contribution in [0.15, 0.2) is 42.2 Å². The van der Waals surface area contributed by atoms with E-state index in [4.69, 9.17) is 16.3 Å². The van der Waals surface area contributed by atoms with Gasteiger partial charge >= 0.3 is 0 Å². The van der Waals surface area contributed by atoms with Gasteiger partial charge in [-0.15, -0.1) is 0 Å². The minimum atomic E-state index is -0.551. The topological polar surface area (TPSA) is 46.5 Å². The number of ether oxygens (including phenoxy) is 1. The Kier molecular flexibility index (Phi) is 4.85. The molecule has 0 spiro atoms. The SMILES string of the molecule is CCc1ccc(Oc2ccc(Cl)c(F)c2)cc1C1=C(O)C2C3CCC(CC3)C2C1=O. The Morgan fingerprint density at radius 1 is 1.03 bits per heavy atom. The van der Waals surface area contributed by atoms with E-state index in [-0.39, 0.29) is 28.4 Å². The summed E-state index contributed by atoms with van der Waals surface area (Å²) < 4.78 is 19.6. The van der Waals surface area contributed by atoms with Crippen molar-refractivity contribution in [3.8, 4) is 11.5 Å². The molecule has 3 fully saturated rings. The van der Waals surface area contributed by atoms with Crippen molar-refractivity contribution in [2.75, 3.05) is 0 Å². The van der Waals surface area contributed by atoms with Crippen molar-refractivity contribution in [1.82, 2.24) is 0 Å². The number of aliphatic hydroxyl groups excluding tert-OH is 1. The molecule has 2 aromatic carbocycles. The van der Waals surface area contributed by atoms with E-state index in [1.807, 2.05) is 19.1 Å². The Hall–Kier alpha value is -2.33. The first kappa shape index (κ1) is 19.6. The molecule has 5 heteroatoms. The molecule has 0 aliphatic heterocycles. The molecule has 2 aromatic rings. The third-order valence-corrected chi connectivity index (χ3v) is 7.51. The molecule has 3 nitrogen and oxygen atoms in total. The Bertz CT molecular complexity index is 1050. The van der Waals surface area contributed by atoms with E-state index < -0.39 is 5.82 Å². The molecular formula is C25H24ClFO3. The number of rotatable bonds is 4. The van der Waals surface area contributed by atoms with Gasteiger partial charge in [0.1, 0.15) is 23.1 Å². The third-order valence-electron chi connectivity index (χ3n) is 7.20. The van der Waals surface area contributed by atoms with Crippen LogP contribution in [0.25, 0.3) is 5.57 Å². The normalized spacial score (nSPS) is 27.5. The minimum absolute atomic E-state index is 0.0281. The summed E-state index contributed by atoms with van der Waals surface area (Å²) in [6, 6.07) is 9.81. The van der Waals surface area contributed by atoms with Crippen molar-refractivity contribution in [3.63, 3.8) is 0 Å². The molecule has 0 radical (unpaired) electrons. The zero-order chi connectivity index (χ0) is 21.0. The second-order valence-corrected chi connectivity index (χ2v) is 9.11. The average Bonchev–Trinajstić information content (AvgIpc) is 3.04. The van der Waals surface area contributed by atoms with E-state index in [0.717, 1.165) is 43.2 Å². The quantitative estimate of drug-likeness (QED) is 0.589. The molecule has 30 heavy (non-hydrogen) atoms. The lowest BCUT2D eigenvalue weighted by atomic mass is 9.59. The van der Waals surface area contributed by atoms with Crippen LogP contribution in [0.3, 0.4) is 0 Å². The van der Waals surface area contributed by atoms with Crippen molar-refractivity contribution in [2.24, 2.45) is 23.7 Å². The molecule has 2 atom stereocenters. The van der Waals surface area contributed by atoms with E-state index in [1.54, 1.807) is 12.1 Å². The number of hydrogen-bond donors (Lipinski definition) is 1. The van der Waals surface area contributed by atoms with E-state index in [1.165, 1.54) is 12.1 Å². The van der Waals surface area contributed by atoms with E-state index in [2.05, 4.69) is 0 Å². The fourth-order valence-electron chi connectivity index (χ4n) is 5.79. The second kappa shape index (κ2) is 7.42. The average molecular weight is 427 g/mol. The molecule has 2 bridgehead atoms. The highest BCUT2D eigenvalue weighted by molar-refractivity contribution is 6.30. The maximum atomic E-state index is 13.8. The fourth-order valence-corrected chi connectivity index (χ4v) is 5.90. The van der Waals surface area contributed by atoms with Crippen LogP contribution in [0.1, 0.15) is 43.7 Å². The first-order valence-corrected chi connectivity index (χ1v) is 11.1. The molecule has 0 aromatic heterocycles. The Morgan fingerprint density at radius 2 is 1.67 bits per heavy atom. The molecule has 156 valence electrons. The van der Waals surface area contributed by atoms with Crippen molar-refractivity contribution < 1.29 is 19.0 Å². The molecule has 1 N–H and O–H groups in total. The first-order chi connectivity index (χ1) is 14.5. The van der Waals surface area contributed by atoms with E-state index in [0.29, 0.717) is 28.9 Å². The van der Waals surface area contributed by atoms with Crippen LogP contribution < -0.4 is 4.74 Å². The van der Waals surface area contributed by atoms with Gasteiger partial charge in [-0.2, -0.15) is 0 Å². The molecule has 2 unspecified atom stereocenters. The smallest absolute Gasteiger partial charge is 0.170 e. The number of fused-ring (bicyclic) bond motifs is 2. The van der Waals surface area contributed by atoms with Crippen LogP contribution in [0.4, 0.5) is 4.39 Å². The maximum absolute atomic E-state index is 13.8. The molecule has 0 amide bonds. The number of ketones is 1. The van der Waals surface area contributed by atoms with Crippen molar-refractivity contribution >= 4 is 23.0 Å². The predicted octanol–water partition coefficient (Wildman–Crippen LogP) is 6.74. The largest absolute Gasteiger partial charge is 0.511 e. The summed E-state index contributed by atoms with van der Waals surface area (Å²) in [5.41, 5.74) is 2.19. The number of carbonyl (C=O) groups excluding carboxylic acids is 1. The van der Waals surface area contributed by atoms with Crippen LogP contribution in [-0.4, -0.2) is 10.9 Å². The summed E-state index contributed by atoms with van der Waals surface area (Å²) in [5.74, 6) is 1.30. The van der Waals surface area contributed by atoms with Gasteiger partial charge < -0.3 is 9.84 Å². The third kappa shape index (κ3) is 3.04. The molecule has 4 aliphatic carbocycles. The van der Waals surface area contributed by atoms with Crippen LogP contribution in [0.5, 0.6) is 11.5 Å². The van der Waals surface area contributed by atoms with E-state index >= 15 is 0 Å². The highest BCUT2D eigenvalue weighted by Crippen LogP contribution is 2.57. The summed E-state index contributed by atoms with van der Waals surface area (Å²) in [6.07, 6.45) is 5.11. The van der Waals surface area contributed by atoms with Gasteiger partial charge in [0, 0.05) is 17.9 Å². The van der Waals surface area contributed by atoms with Gasteiger partial charge in [-0.1, -0.05) is 24.6 Å². The Labute approximate surface area is 180 Å². The number of allylic oxidation sites excluding steroid dienone is 2. The van der Waals surface area contributed by atoms with Gasteiger partial charge in [-0.3, -0.25) is 4.79 Å². The van der Waals surface area contributed by atoms with Gasteiger partial charge in [0.05, 0.1) is 10.6 Å². The first-order valence-electron chi connectivity index (χ1n) is 10.7.